The Hall–Kier alpha value is -2.34. The molecule has 26 heavy (non-hydrogen) atoms. The Labute approximate surface area is 158 Å². The van der Waals surface area contributed by atoms with Gasteiger partial charge in [-0.3, -0.25) is 14.3 Å². The predicted molar refractivity (Wildman–Crippen MR) is 99.9 cm³/mol. The lowest BCUT2D eigenvalue weighted by Crippen LogP contribution is -2.45. The van der Waals surface area contributed by atoms with Crippen molar-refractivity contribution in [2.75, 3.05) is 19.6 Å². The van der Waals surface area contributed by atoms with Gasteiger partial charge in [0.2, 0.25) is 5.91 Å². The number of piperidine rings is 1. The number of rotatable bonds is 6. The fourth-order valence-electron chi connectivity index (χ4n) is 3.18. The quantitative estimate of drug-likeness (QED) is 0.790. The van der Waals surface area contributed by atoms with Gasteiger partial charge in [0, 0.05) is 49.2 Å². The molecule has 1 unspecified atom stereocenters. The number of carbonyl (C=O) groups excluding carboxylic acids is 2. The Morgan fingerprint density at radius 1 is 1.27 bits per heavy atom. The highest BCUT2D eigenvalue weighted by Gasteiger charge is 2.28. The largest absolute Gasteiger partial charge is 0.356 e. The third kappa shape index (κ3) is 4.85. The fraction of sp³-hybridized carbons (Fsp3) is 0.421. The summed E-state index contributed by atoms with van der Waals surface area (Å²) in [5.74, 6) is -0.165. The normalized spacial score (nSPS) is 17.1. The Morgan fingerprint density at radius 3 is 2.81 bits per heavy atom. The fourth-order valence-corrected chi connectivity index (χ4v) is 3.31. The van der Waals surface area contributed by atoms with Crippen LogP contribution in [0.2, 0.25) is 5.02 Å². The maximum Gasteiger partial charge on any atom is 0.253 e. The molecule has 138 valence electrons. The highest BCUT2D eigenvalue weighted by atomic mass is 35.5. The maximum absolute atomic E-state index is 12.6. The van der Waals surface area contributed by atoms with Gasteiger partial charge in [-0.1, -0.05) is 11.6 Å². The minimum absolute atomic E-state index is 0.0269. The van der Waals surface area contributed by atoms with E-state index in [0.717, 1.165) is 25.8 Å². The molecule has 0 radical (unpaired) electrons. The molecule has 7 heteroatoms. The Balaban J connectivity index is 1.47. The summed E-state index contributed by atoms with van der Waals surface area (Å²) >= 11 is 5.88. The Bertz CT molecular complexity index is 731. The van der Waals surface area contributed by atoms with Crippen LogP contribution in [0, 0.1) is 5.92 Å². The first-order chi connectivity index (χ1) is 12.6. The molecule has 1 aromatic heterocycles. The Morgan fingerprint density at radius 2 is 2.08 bits per heavy atom. The van der Waals surface area contributed by atoms with Crippen LogP contribution in [-0.2, 0) is 11.3 Å². The van der Waals surface area contributed by atoms with Crippen molar-refractivity contribution in [2.45, 2.75) is 25.8 Å². The number of aryl methyl sites for hydroxylation is 1. The van der Waals surface area contributed by atoms with Gasteiger partial charge in [-0.25, -0.2) is 0 Å². The molecule has 1 aliphatic heterocycles. The van der Waals surface area contributed by atoms with Crippen molar-refractivity contribution in [3.63, 3.8) is 0 Å². The summed E-state index contributed by atoms with van der Waals surface area (Å²) in [6, 6.07) is 8.76. The summed E-state index contributed by atoms with van der Waals surface area (Å²) in [5, 5.41) is 7.73. The molecule has 3 rings (SSSR count). The van der Waals surface area contributed by atoms with E-state index >= 15 is 0 Å². The molecule has 0 spiro atoms. The monoisotopic (exact) mass is 374 g/mol. The number of nitrogens with one attached hydrogen (secondary N) is 1. The SMILES string of the molecule is O=C(NCCCn1cccn1)C1CCCN(C(=O)c2ccc(Cl)cc2)C1. The van der Waals surface area contributed by atoms with E-state index in [1.165, 1.54) is 0 Å². The second kappa shape index (κ2) is 8.85. The van der Waals surface area contributed by atoms with Crippen LogP contribution in [0.1, 0.15) is 29.6 Å². The summed E-state index contributed by atoms with van der Waals surface area (Å²) in [6.07, 6.45) is 6.13. The molecule has 1 aromatic carbocycles. The minimum atomic E-state index is -0.148. The van der Waals surface area contributed by atoms with Crippen molar-refractivity contribution in [1.29, 1.82) is 0 Å². The van der Waals surface area contributed by atoms with Crippen LogP contribution in [0.25, 0.3) is 0 Å². The van der Waals surface area contributed by atoms with Gasteiger partial charge in [-0.15, -0.1) is 0 Å². The van der Waals surface area contributed by atoms with Gasteiger partial charge in [0.15, 0.2) is 0 Å². The third-order valence-corrected chi connectivity index (χ3v) is 4.84. The minimum Gasteiger partial charge on any atom is -0.356 e. The number of likely N-dealkylation sites (tertiary alicyclic amines) is 1. The number of nitrogens with zero attached hydrogens (tertiary/aromatic N) is 3. The van der Waals surface area contributed by atoms with E-state index in [4.69, 9.17) is 11.6 Å². The molecule has 1 atom stereocenters. The van der Waals surface area contributed by atoms with Crippen molar-refractivity contribution in [1.82, 2.24) is 20.0 Å². The zero-order valence-electron chi connectivity index (χ0n) is 14.6. The first-order valence-corrected chi connectivity index (χ1v) is 9.31. The van der Waals surface area contributed by atoms with E-state index < -0.39 is 0 Å². The van der Waals surface area contributed by atoms with E-state index in [1.54, 1.807) is 35.4 Å². The van der Waals surface area contributed by atoms with E-state index in [1.807, 2.05) is 16.9 Å². The predicted octanol–water partition coefficient (Wildman–Crippen LogP) is 2.60. The van der Waals surface area contributed by atoms with E-state index in [9.17, 15) is 9.59 Å². The summed E-state index contributed by atoms with van der Waals surface area (Å²) in [5.41, 5.74) is 0.606. The standard InChI is InChI=1S/C19H23ClN4O2/c20-17-7-5-15(6-8-17)19(26)23-11-1-4-16(14-23)18(25)21-9-2-12-24-13-3-10-22-24/h3,5-8,10,13,16H,1-2,4,9,11-12,14H2,(H,21,25). The molecule has 6 nitrogen and oxygen atoms in total. The number of hydrogen-bond acceptors (Lipinski definition) is 3. The number of amides is 2. The second-order valence-corrected chi connectivity index (χ2v) is 6.95. The average molecular weight is 375 g/mol. The van der Waals surface area contributed by atoms with Crippen LogP contribution in [0.5, 0.6) is 0 Å². The van der Waals surface area contributed by atoms with Crippen molar-refractivity contribution in [3.05, 3.63) is 53.3 Å². The second-order valence-electron chi connectivity index (χ2n) is 6.51. The molecule has 1 fully saturated rings. The van der Waals surface area contributed by atoms with Crippen molar-refractivity contribution < 1.29 is 9.59 Å². The highest BCUT2D eigenvalue weighted by Crippen LogP contribution is 2.19. The Kier molecular flexibility index (Phi) is 6.28. The topological polar surface area (TPSA) is 67.2 Å². The van der Waals surface area contributed by atoms with Crippen molar-refractivity contribution >= 4 is 23.4 Å². The molecular formula is C19H23ClN4O2. The smallest absolute Gasteiger partial charge is 0.253 e. The summed E-state index contributed by atoms with van der Waals surface area (Å²) in [4.78, 5) is 26.8. The number of benzene rings is 1. The zero-order valence-corrected chi connectivity index (χ0v) is 15.4. The lowest BCUT2D eigenvalue weighted by Gasteiger charge is -2.32. The lowest BCUT2D eigenvalue weighted by atomic mass is 9.96. The van der Waals surface area contributed by atoms with E-state index in [2.05, 4.69) is 10.4 Å². The maximum atomic E-state index is 12.6. The number of carbonyl (C=O) groups is 2. The zero-order chi connectivity index (χ0) is 18.4. The number of aromatic nitrogens is 2. The molecular weight excluding hydrogens is 352 g/mol. The van der Waals surface area contributed by atoms with Crippen molar-refractivity contribution in [3.8, 4) is 0 Å². The molecule has 1 aliphatic rings. The van der Waals surface area contributed by atoms with E-state index in [0.29, 0.717) is 30.2 Å². The molecule has 2 aromatic rings. The van der Waals surface area contributed by atoms with Crippen LogP contribution < -0.4 is 5.32 Å². The lowest BCUT2D eigenvalue weighted by molar-refractivity contribution is -0.126. The summed E-state index contributed by atoms with van der Waals surface area (Å²) in [7, 11) is 0. The van der Waals surface area contributed by atoms with Gasteiger partial charge in [0.25, 0.3) is 5.91 Å². The van der Waals surface area contributed by atoms with Crippen LogP contribution in [0.3, 0.4) is 0 Å². The summed E-state index contributed by atoms with van der Waals surface area (Å²) in [6.45, 7) is 2.54. The molecule has 2 heterocycles. The van der Waals surface area contributed by atoms with Crippen LogP contribution >= 0.6 is 11.6 Å². The molecule has 0 bridgehead atoms. The molecule has 1 N–H and O–H groups in total. The van der Waals surface area contributed by atoms with Crippen molar-refractivity contribution in [2.24, 2.45) is 5.92 Å². The van der Waals surface area contributed by atoms with E-state index in [-0.39, 0.29) is 17.7 Å². The van der Waals surface area contributed by atoms with Gasteiger partial charge in [0.1, 0.15) is 0 Å². The first-order valence-electron chi connectivity index (χ1n) is 8.93. The molecule has 1 saturated heterocycles. The van der Waals surface area contributed by atoms with Gasteiger partial charge < -0.3 is 10.2 Å². The summed E-state index contributed by atoms with van der Waals surface area (Å²) < 4.78 is 1.85. The molecule has 2 amide bonds. The van der Waals surface area contributed by atoms with Gasteiger partial charge in [-0.2, -0.15) is 5.10 Å². The molecule has 0 aliphatic carbocycles. The third-order valence-electron chi connectivity index (χ3n) is 4.59. The van der Waals surface area contributed by atoms with Crippen LogP contribution in [0.15, 0.2) is 42.7 Å². The van der Waals surface area contributed by atoms with Crippen LogP contribution in [-0.4, -0.2) is 46.1 Å². The number of hydrogen-bond donors (Lipinski definition) is 1. The van der Waals surface area contributed by atoms with Gasteiger partial charge in [0.05, 0.1) is 5.92 Å². The average Bonchev–Trinajstić information content (AvgIpc) is 3.19. The highest BCUT2D eigenvalue weighted by molar-refractivity contribution is 6.30. The first kappa shape index (κ1) is 18.5. The van der Waals surface area contributed by atoms with Crippen LogP contribution in [0.4, 0.5) is 0 Å². The van der Waals surface area contributed by atoms with Gasteiger partial charge in [-0.05, 0) is 49.6 Å². The number of halogens is 1. The molecule has 0 saturated carbocycles. The van der Waals surface area contributed by atoms with Gasteiger partial charge >= 0.3 is 0 Å².